The average molecular weight is 478 g/mol. The SMILES string of the molecule is C=CCOC[C@H](O)CN(Cc1c(CC)nn(-c2ccccc2)c1Oc1cccc(OC)c1)C1CC1. The number of ether oxygens (including phenoxy) is 3. The largest absolute Gasteiger partial charge is 0.497 e. The Hall–Kier alpha value is -3.13. The van der Waals surface area contributed by atoms with Gasteiger partial charge in [0.2, 0.25) is 5.88 Å². The zero-order chi connectivity index (χ0) is 24.6. The molecule has 1 aliphatic rings. The van der Waals surface area contributed by atoms with Crippen LogP contribution in [-0.4, -0.2) is 58.8 Å². The van der Waals surface area contributed by atoms with Crippen molar-refractivity contribution in [3.8, 4) is 23.1 Å². The molecule has 4 rings (SSSR count). The fourth-order valence-corrected chi connectivity index (χ4v) is 4.14. The van der Waals surface area contributed by atoms with Crippen molar-refractivity contribution in [2.75, 3.05) is 26.9 Å². The maximum atomic E-state index is 10.6. The van der Waals surface area contributed by atoms with Crippen LogP contribution in [0.2, 0.25) is 0 Å². The lowest BCUT2D eigenvalue weighted by molar-refractivity contribution is 0.0226. The van der Waals surface area contributed by atoms with E-state index in [2.05, 4.69) is 18.4 Å². The van der Waals surface area contributed by atoms with E-state index in [4.69, 9.17) is 19.3 Å². The van der Waals surface area contributed by atoms with Gasteiger partial charge in [-0.2, -0.15) is 5.10 Å². The van der Waals surface area contributed by atoms with Crippen molar-refractivity contribution in [2.45, 2.75) is 44.9 Å². The van der Waals surface area contributed by atoms with Gasteiger partial charge in [0.1, 0.15) is 11.5 Å². The first-order chi connectivity index (χ1) is 17.1. The molecule has 1 heterocycles. The van der Waals surface area contributed by atoms with Crippen molar-refractivity contribution < 1.29 is 19.3 Å². The van der Waals surface area contributed by atoms with Crippen LogP contribution in [0.4, 0.5) is 0 Å². The molecular weight excluding hydrogens is 442 g/mol. The summed E-state index contributed by atoms with van der Waals surface area (Å²) in [7, 11) is 1.64. The average Bonchev–Trinajstić information content (AvgIpc) is 3.68. The van der Waals surface area contributed by atoms with E-state index >= 15 is 0 Å². The molecule has 0 spiro atoms. The van der Waals surface area contributed by atoms with E-state index < -0.39 is 6.10 Å². The lowest BCUT2D eigenvalue weighted by Crippen LogP contribution is -2.36. The summed E-state index contributed by atoms with van der Waals surface area (Å²) in [5, 5.41) is 15.6. The predicted octanol–water partition coefficient (Wildman–Crippen LogP) is 4.76. The molecule has 1 aromatic heterocycles. The van der Waals surface area contributed by atoms with Crippen molar-refractivity contribution in [1.82, 2.24) is 14.7 Å². The second-order valence-corrected chi connectivity index (χ2v) is 8.75. The van der Waals surface area contributed by atoms with Crippen molar-refractivity contribution in [2.24, 2.45) is 0 Å². The molecule has 1 aliphatic carbocycles. The van der Waals surface area contributed by atoms with Crippen molar-refractivity contribution >= 4 is 0 Å². The highest BCUT2D eigenvalue weighted by Crippen LogP contribution is 2.36. The third kappa shape index (κ3) is 6.51. The van der Waals surface area contributed by atoms with Gasteiger partial charge >= 0.3 is 0 Å². The molecule has 3 aromatic rings. The summed E-state index contributed by atoms with van der Waals surface area (Å²) in [6.07, 6.45) is 4.14. The van der Waals surface area contributed by atoms with Crippen LogP contribution in [0.15, 0.2) is 67.3 Å². The Morgan fingerprint density at radius 3 is 2.63 bits per heavy atom. The molecule has 0 aliphatic heterocycles. The Balaban J connectivity index is 1.67. The number of hydrogen-bond acceptors (Lipinski definition) is 6. The molecule has 35 heavy (non-hydrogen) atoms. The van der Waals surface area contributed by atoms with E-state index in [-0.39, 0.29) is 6.61 Å². The predicted molar refractivity (Wildman–Crippen MR) is 136 cm³/mol. The van der Waals surface area contributed by atoms with E-state index in [9.17, 15) is 5.11 Å². The number of rotatable bonds is 14. The normalized spacial score (nSPS) is 14.2. The molecule has 1 saturated carbocycles. The van der Waals surface area contributed by atoms with Gasteiger partial charge in [-0.3, -0.25) is 4.90 Å². The number of benzene rings is 2. The number of aliphatic hydroxyl groups is 1. The van der Waals surface area contributed by atoms with Gasteiger partial charge < -0.3 is 19.3 Å². The maximum Gasteiger partial charge on any atom is 0.227 e. The summed E-state index contributed by atoms with van der Waals surface area (Å²) >= 11 is 0. The fraction of sp³-hybridized carbons (Fsp3) is 0.393. The smallest absolute Gasteiger partial charge is 0.227 e. The lowest BCUT2D eigenvalue weighted by atomic mass is 10.1. The molecule has 1 N–H and O–H groups in total. The molecule has 1 fully saturated rings. The van der Waals surface area contributed by atoms with Crippen molar-refractivity contribution in [3.05, 3.63) is 78.5 Å². The van der Waals surface area contributed by atoms with E-state index in [0.29, 0.717) is 37.4 Å². The molecule has 2 aromatic carbocycles. The van der Waals surface area contributed by atoms with Crippen molar-refractivity contribution in [1.29, 1.82) is 0 Å². The van der Waals surface area contributed by atoms with Gasteiger partial charge in [-0.25, -0.2) is 4.68 Å². The van der Waals surface area contributed by atoms with Gasteiger partial charge in [-0.15, -0.1) is 6.58 Å². The minimum Gasteiger partial charge on any atom is -0.497 e. The molecule has 0 unspecified atom stereocenters. The molecule has 0 saturated heterocycles. The van der Waals surface area contributed by atoms with Gasteiger partial charge in [0.15, 0.2) is 0 Å². The monoisotopic (exact) mass is 477 g/mol. The van der Waals surface area contributed by atoms with Gasteiger partial charge in [0.05, 0.1) is 43.4 Å². The zero-order valence-electron chi connectivity index (χ0n) is 20.6. The number of methoxy groups -OCH3 is 1. The first kappa shape index (κ1) is 25.0. The zero-order valence-corrected chi connectivity index (χ0v) is 20.6. The maximum absolute atomic E-state index is 10.6. The molecule has 1 atom stereocenters. The van der Waals surface area contributed by atoms with E-state index in [1.165, 1.54) is 0 Å². The Kier molecular flexibility index (Phi) is 8.58. The minimum atomic E-state index is -0.576. The highest BCUT2D eigenvalue weighted by molar-refractivity contribution is 5.44. The van der Waals surface area contributed by atoms with Crippen LogP contribution < -0.4 is 9.47 Å². The van der Waals surface area contributed by atoms with Crippen LogP contribution >= 0.6 is 0 Å². The molecular formula is C28H35N3O4. The van der Waals surface area contributed by atoms with Gasteiger partial charge in [0.25, 0.3) is 0 Å². The number of aryl methyl sites for hydroxylation is 1. The number of para-hydroxylation sites is 1. The van der Waals surface area contributed by atoms with Crippen LogP contribution in [-0.2, 0) is 17.7 Å². The standard InChI is InChI=1S/C28H35N3O4/c1-4-16-34-20-23(32)18-30(21-14-15-21)19-26-27(5-2)29-31(22-10-7-6-8-11-22)28(26)35-25-13-9-12-24(17-25)33-3/h4,6-13,17,21,23,32H,1,5,14-16,18-20H2,2-3H3/t23-/m1/s1. The summed E-state index contributed by atoms with van der Waals surface area (Å²) in [6.45, 7) is 7.66. The molecule has 186 valence electrons. The molecule has 7 heteroatoms. The topological polar surface area (TPSA) is 69.0 Å². The summed E-state index contributed by atoms with van der Waals surface area (Å²) in [6, 6.07) is 18.1. The van der Waals surface area contributed by atoms with Crippen LogP contribution in [0.25, 0.3) is 5.69 Å². The third-order valence-electron chi connectivity index (χ3n) is 6.03. The minimum absolute atomic E-state index is 0.284. The second kappa shape index (κ2) is 12.0. The first-order valence-corrected chi connectivity index (χ1v) is 12.2. The number of aliphatic hydroxyl groups excluding tert-OH is 1. The lowest BCUT2D eigenvalue weighted by Gasteiger charge is -2.25. The summed E-state index contributed by atoms with van der Waals surface area (Å²) < 4.78 is 19.3. The fourth-order valence-electron chi connectivity index (χ4n) is 4.14. The van der Waals surface area contributed by atoms with Crippen LogP contribution in [0.5, 0.6) is 17.4 Å². The Morgan fingerprint density at radius 1 is 1.17 bits per heavy atom. The van der Waals surface area contributed by atoms with Crippen LogP contribution in [0.1, 0.15) is 31.0 Å². The number of nitrogens with zero attached hydrogens (tertiary/aromatic N) is 3. The van der Waals surface area contributed by atoms with Crippen LogP contribution in [0, 0.1) is 0 Å². The summed E-state index contributed by atoms with van der Waals surface area (Å²) in [5.74, 6) is 2.10. The third-order valence-corrected chi connectivity index (χ3v) is 6.03. The van der Waals surface area contributed by atoms with E-state index in [0.717, 1.165) is 42.0 Å². The summed E-state index contributed by atoms with van der Waals surface area (Å²) in [4.78, 5) is 2.33. The van der Waals surface area contributed by atoms with E-state index in [1.807, 2.05) is 59.3 Å². The van der Waals surface area contributed by atoms with Gasteiger partial charge in [-0.05, 0) is 43.5 Å². The van der Waals surface area contributed by atoms with E-state index in [1.54, 1.807) is 13.2 Å². The van der Waals surface area contributed by atoms with Crippen molar-refractivity contribution in [3.63, 3.8) is 0 Å². The highest BCUT2D eigenvalue weighted by atomic mass is 16.5. The van der Waals surface area contributed by atoms with Gasteiger partial charge in [0, 0.05) is 25.2 Å². The quantitative estimate of drug-likeness (QED) is 0.267. The van der Waals surface area contributed by atoms with Crippen LogP contribution in [0.3, 0.4) is 0 Å². The highest BCUT2D eigenvalue weighted by Gasteiger charge is 2.33. The molecule has 7 nitrogen and oxygen atoms in total. The number of hydrogen-bond donors (Lipinski definition) is 1. The second-order valence-electron chi connectivity index (χ2n) is 8.75. The summed E-state index contributed by atoms with van der Waals surface area (Å²) in [5.41, 5.74) is 2.95. The Morgan fingerprint density at radius 2 is 1.94 bits per heavy atom. The first-order valence-electron chi connectivity index (χ1n) is 12.2. The molecule has 0 bridgehead atoms. The molecule has 0 amide bonds. The molecule has 0 radical (unpaired) electrons. The Bertz CT molecular complexity index is 1090. The number of aromatic nitrogens is 2. The van der Waals surface area contributed by atoms with Gasteiger partial charge in [-0.1, -0.05) is 37.3 Å². The Labute approximate surface area is 207 Å².